The van der Waals surface area contributed by atoms with Crippen molar-refractivity contribution in [3.05, 3.63) is 65.7 Å². The third-order valence-corrected chi connectivity index (χ3v) is 3.95. The van der Waals surface area contributed by atoms with E-state index in [1.54, 1.807) is 6.07 Å². The zero-order valence-corrected chi connectivity index (χ0v) is 15.6. The van der Waals surface area contributed by atoms with Crippen molar-refractivity contribution >= 4 is 34.6 Å². The van der Waals surface area contributed by atoms with Gasteiger partial charge in [-0.15, -0.1) is 0 Å². The van der Waals surface area contributed by atoms with Gasteiger partial charge in [-0.05, 0) is 38.1 Å². The monoisotopic (exact) mass is 413 g/mol. The van der Waals surface area contributed by atoms with Crippen molar-refractivity contribution in [3.8, 4) is 17.6 Å². The SMILES string of the molecule is Cc1c(O)ccc(Cl)c1[N+](=O)[O-].Cc1c(OCC#N)ccc(Cl)c1[N+](=O)[O-]. The van der Waals surface area contributed by atoms with Crippen LogP contribution in [0.4, 0.5) is 11.4 Å². The van der Waals surface area contributed by atoms with Crippen LogP contribution in [-0.4, -0.2) is 21.6 Å². The first-order valence-corrected chi connectivity index (χ1v) is 7.93. The molecule has 2 aromatic carbocycles. The number of hydrogen-bond donors (Lipinski definition) is 1. The molecule has 0 saturated heterocycles. The number of phenolic OH excluding ortho intramolecular Hbond substituents is 1. The zero-order chi connectivity index (χ0) is 20.7. The van der Waals surface area contributed by atoms with E-state index in [-0.39, 0.29) is 39.3 Å². The number of halogens is 2. The Morgan fingerprint density at radius 3 is 1.96 bits per heavy atom. The summed E-state index contributed by atoms with van der Waals surface area (Å²) in [5.74, 6) is 0.179. The summed E-state index contributed by atoms with van der Waals surface area (Å²) in [6.07, 6.45) is 0. The minimum atomic E-state index is -0.614. The van der Waals surface area contributed by atoms with Crippen molar-refractivity contribution in [1.82, 2.24) is 0 Å². The molecule has 1 N–H and O–H groups in total. The largest absolute Gasteiger partial charge is 0.507 e. The third kappa shape index (κ3) is 5.44. The lowest BCUT2D eigenvalue weighted by molar-refractivity contribution is -0.385. The molecule has 142 valence electrons. The summed E-state index contributed by atoms with van der Waals surface area (Å²) in [5, 5.41) is 38.6. The Bertz CT molecular complexity index is 927. The topological polar surface area (TPSA) is 140 Å². The highest BCUT2D eigenvalue weighted by atomic mass is 35.5. The second kappa shape index (κ2) is 9.56. The highest BCUT2D eigenvalue weighted by Gasteiger charge is 2.20. The van der Waals surface area contributed by atoms with E-state index in [1.165, 1.54) is 38.1 Å². The molecule has 11 heteroatoms. The van der Waals surface area contributed by atoms with Crippen LogP contribution in [0.15, 0.2) is 24.3 Å². The van der Waals surface area contributed by atoms with E-state index < -0.39 is 9.85 Å². The van der Waals surface area contributed by atoms with Gasteiger partial charge < -0.3 is 9.84 Å². The van der Waals surface area contributed by atoms with Gasteiger partial charge in [0.2, 0.25) is 0 Å². The molecule has 0 spiro atoms. The fourth-order valence-electron chi connectivity index (χ4n) is 2.02. The van der Waals surface area contributed by atoms with E-state index in [0.717, 1.165) is 0 Å². The van der Waals surface area contributed by atoms with Crippen LogP contribution in [0.2, 0.25) is 10.0 Å². The zero-order valence-electron chi connectivity index (χ0n) is 14.1. The van der Waals surface area contributed by atoms with E-state index in [1.807, 2.05) is 0 Å². The van der Waals surface area contributed by atoms with Gasteiger partial charge in [0.15, 0.2) is 6.61 Å². The first kappa shape index (κ1) is 22.0. The van der Waals surface area contributed by atoms with E-state index in [4.69, 9.17) is 38.3 Å². The molecule has 0 bridgehead atoms. The second-order valence-corrected chi connectivity index (χ2v) is 5.83. The van der Waals surface area contributed by atoms with Crippen molar-refractivity contribution in [1.29, 1.82) is 5.26 Å². The van der Waals surface area contributed by atoms with Crippen LogP contribution in [0.25, 0.3) is 0 Å². The average Bonchev–Trinajstić information content (AvgIpc) is 2.58. The minimum absolute atomic E-state index is 0.0373. The molecule has 27 heavy (non-hydrogen) atoms. The second-order valence-electron chi connectivity index (χ2n) is 5.02. The van der Waals surface area contributed by atoms with E-state index in [0.29, 0.717) is 11.3 Å². The van der Waals surface area contributed by atoms with Crippen molar-refractivity contribution in [3.63, 3.8) is 0 Å². The van der Waals surface area contributed by atoms with Crippen LogP contribution in [0, 0.1) is 45.4 Å². The lowest BCUT2D eigenvalue weighted by Gasteiger charge is -2.06. The maximum atomic E-state index is 10.7. The fraction of sp³-hybridized carbons (Fsp3) is 0.188. The summed E-state index contributed by atoms with van der Waals surface area (Å²) >= 11 is 11.2. The third-order valence-electron chi connectivity index (χ3n) is 3.34. The van der Waals surface area contributed by atoms with Gasteiger partial charge >= 0.3 is 0 Å². The Morgan fingerprint density at radius 1 is 1.04 bits per heavy atom. The van der Waals surface area contributed by atoms with Crippen molar-refractivity contribution in [2.24, 2.45) is 0 Å². The maximum absolute atomic E-state index is 10.7. The molecule has 0 fully saturated rings. The summed E-state index contributed by atoms with van der Waals surface area (Å²) in [6.45, 7) is 2.82. The number of nitriles is 1. The molecule has 2 aromatic rings. The van der Waals surface area contributed by atoms with Gasteiger partial charge in [-0.25, -0.2) is 0 Å². The molecule has 0 radical (unpaired) electrons. The highest BCUT2D eigenvalue weighted by Crippen LogP contribution is 2.34. The van der Waals surface area contributed by atoms with Gasteiger partial charge in [0.25, 0.3) is 11.4 Å². The number of nitro benzene ring substituents is 2. The smallest absolute Gasteiger partial charge is 0.294 e. The van der Waals surface area contributed by atoms with Crippen LogP contribution in [-0.2, 0) is 0 Å². The van der Waals surface area contributed by atoms with Gasteiger partial charge in [-0.2, -0.15) is 5.26 Å². The predicted molar refractivity (Wildman–Crippen MR) is 98.5 cm³/mol. The molecule has 0 amide bonds. The molecule has 0 saturated carbocycles. The molecule has 0 aliphatic heterocycles. The van der Waals surface area contributed by atoms with E-state index in [2.05, 4.69) is 0 Å². The lowest BCUT2D eigenvalue weighted by Crippen LogP contribution is -1.99. The average molecular weight is 414 g/mol. The number of rotatable bonds is 4. The fourth-order valence-corrected chi connectivity index (χ4v) is 2.57. The molecular formula is C16H13Cl2N3O6. The molecular weight excluding hydrogens is 401 g/mol. The van der Waals surface area contributed by atoms with Crippen LogP contribution >= 0.6 is 23.2 Å². The summed E-state index contributed by atoms with van der Waals surface area (Å²) in [4.78, 5) is 19.9. The maximum Gasteiger partial charge on any atom is 0.294 e. The van der Waals surface area contributed by atoms with E-state index in [9.17, 15) is 20.2 Å². The lowest BCUT2D eigenvalue weighted by atomic mass is 10.2. The van der Waals surface area contributed by atoms with Gasteiger partial charge in [0.05, 0.1) is 21.0 Å². The number of hydrogen-bond acceptors (Lipinski definition) is 7. The first-order valence-electron chi connectivity index (χ1n) is 7.17. The molecule has 0 atom stereocenters. The number of aromatic hydroxyl groups is 1. The number of benzene rings is 2. The highest BCUT2D eigenvalue weighted by molar-refractivity contribution is 6.33. The Labute approximate surface area is 163 Å². The summed E-state index contributed by atoms with van der Waals surface area (Å²) in [6, 6.07) is 7.28. The minimum Gasteiger partial charge on any atom is -0.507 e. The van der Waals surface area contributed by atoms with Crippen LogP contribution in [0.3, 0.4) is 0 Å². The number of nitro groups is 2. The van der Waals surface area contributed by atoms with Crippen LogP contribution in [0.1, 0.15) is 11.1 Å². The Kier molecular flexibility index (Phi) is 7.78. The molecule has 0 aliphatic carbocycles. The standard InChI is InChI=1S/C9H7ClN2O3.C7H6ClNO3/c1-6-8(15-5-4-11)3-2-7(10)9(6)12(13)14;1-4-6(10)3-2-5(8)7(4)9(11)12/h2-3H,5H2,1H3;2-3,10H,1H3. The summed E-state index contributed by atoms with van der Waals surface area (Å²) < 4.78 is 5.01. The molecule has 0 heterocycles. The van der Waals surface area contributed by atoms with Crippen LogP contribution < -0.4 is 4.74 Å². The molecule has 0 aromatic heterocycles. The Hall–Kier alpha value is -3.09. The van der Waals surface area contributed by atoms with Gasteiger partial charge in [-0.1, -0.05) is 23.2 Å². The normalized spacial score (nSPS) is 9.59. The molecule has 9 nitrogen and oxygen atoms in total. The number of phenols is 1. The van der Waals surface area contributed by atoms with Gasteiger partial charge in [-0.3, -0.25) is 20.2 Å². The van der Waals surface area contributed by atoms with Crippen molar-refractivity contribution < 1.29 is 19.7 Å². The quantitative estimate of drug-likeness (QED) is 0.564. The van der Waals surface area contributed by atoms with E-state index >= 15 is 0 Å². The van der Waals surface area contributed by atoms with Crippen molar-refractivity contribution in [2.75, 3.05) is 6.61 Å². The Balaban J connectivity index is 0.000000277. The Morgan fingerprint density at radius 2 is 1.52 bits per heavy atom. The molecule has 0 aliphatic rings. The van der Waals surface area contributed by atoms with Gasteiger partial charge in [0, 0.05) is 0 Å². The van der Waals surface area contributed by atoms with Gasteiger partial charge in [0.1, 0.15) is 27.6 Å². The molecule has 2 rings (SSSR count). The molecule has 0 unspecified atom stereocenters. The number of ether oxygens (including phenoxy) is 1. The van der Waals surface area contributed by atoms with Crippen LogP contribution in [0.5, 0.6) is 11.5 Å². The van der Waals surface area contributed by atoms with Crippen molar-refractivity contribution in [2.45, 2.75) is 13.8 Å². The summed E-state index contributed by atoms with van der Waals surface area (Å²) in [7, 11) is 0. The summed E-state index contributed by atoms with van der Waals surface area (Å²) in [5.41, 5.74) is 0.0824. The number of nitrogens with zero attached hydrogens (tertiary/aromatic N) is 3. The predicted octanol–water partition coefficient (Wildman–Crippen LogP) is 4.72. The first-order chi connectivity index (χ1) is 12.6.